The van der Waals surface area contributed by atoms with Gasteiger partial charge in [0.05, 0.1) is 55.8 Å². The quantitative estimate of drug-likeness (QED) is 0.0703. The Labute approximate surface area is 373 Å². The maximum atomic E-state index is 14.3. The standard InChI is InChI=1S/C45H75N7O11/c1-12-29(6)40(50(9)45(61)39(28(4)5)49-44(60)38(46-8)27(2)3)34(62-10)24-35(53)52-21-16-19-33(52)41(63-11)30(7)42(58)48-32(23-31-17-14-13-15-18-31)43(59)47-20-22-51(25-36(54)55)26-37(56)57/h13-15,17-18,27-30,32-34,38-41,46H,12,16,19-26H2,1-11H3,(H,47,59)(H,48,58)(H,49,60)(H,54,55)(H,56,57)/t29-,30+,32-,33-,34+,38-,39-,40?,41+/m0/s1. The zero-order valence-corrected chi connectivity index (χ0v) is 39.2. The van der Waals surface area contributed by atoms with Crippen molar-refractivity contribution in [3.8, 4) is 0 Å². The van der Waals surface area contributed by atoms with Crippen LogP contribution in [0.15, 0.2) is 30.3 Å². The molecule has 356 valence electrons. The first-order valence-electron chi connectivity index (χ1n) is 22.1. The lowest BCUT2D eigenvalue weighted by atomic mass is 9.89. The molecule has 1 aliphatic heterocycles. The minimum Gasteiger partial charge on any atom is -0.480 e. The molecule has 1 aromatic carbocycles. The van der Waals surface area contributed by atoms with Gasteiger partial charge in [-0.2, -0.15) is 0 Å². The van der Waals surface area contributed by atoms with Crippen LogP contribution in [0.2, 0.25) is 0 Å². The fourth-order valence-electron chi connectivity index (χ4n) is 8.47. The number of aliphatic carboxylic acids is 2. The van der Waals surface area contributed by atoms with Crippen LogP contribution in [-0.4, -0.2) is 170 Å². The van der Waals surface area contributed by atoms with Gasteiger partial charge in [-0.15, -0.1) is 0 Å². The number of likely N-dealkylation sites (N-methyl/N-ethyl adjacent to an activating group) is 2. The Balaban J connectivity index is 2.29. The number of ether oxygens (including phenoxy) is 2. The maximum absolute atomic E-state index is 14.3. The highest BCUT2D eigenvalue weighted by Crippen LogP contribution is 2.30. The summed E-state index contributed by atoms with van der Waals surface area (Å²) in [5.41, 5.74) is 0.772. The molecule has 1 aliphatic rings. The minimum atomic E-state index is -1.21. The van der Waals surface area contributed by atoms with E-state index in [9.17, 15) is 43.8 Å². The first kappa shape index (κ1) is 54.5. The topological polar surface area (TPSA) is 236 Å². The van der Waals surface area contributed by atoms with Gasteiger partial charge in [-0.1, -0.05) is 85.2 Å². The molecule has 0 spiro atoms. The molecule has 0 bridgehead atoms. The first-order valence-corrected chi connectivity index (χ1v) is 22.1. The van der Waals surface area contributed by atoms with Crippen molar-refractivity contribution in [3.63, 3.8) is 0 Å². The van der Waals surface area contributed by atoms with Crippen LogP contribution in [0.25, 0.3) is 0 Å². The molecule has 1 saturated heterocycles. The number of likely N-dealkylation sites (tertiary alicyclic amines) is 1. The fourth-order valence-corrected chi connectivity index (χ4v) is 8.47. The van der Waals surface area contributed by atoms with E-state index in [1.807, 2.05) is 71.9 Å². The largest absolute Gasteiger partial charge is 0.480 e. The van der Waals surface area contributed by atoms with Gasteiger partial charge in [0.15, 0.2) is 0 Å². The summed E-state index contributed by atoms with van der Waals surface area (Å²) in [5, 5.41) is 30.0. The van der Waals surface area contributed by atoms with E-state index in [1.54, 1.807) is 30.8 Å². The van der Waals surface area contributed by atoms with E-state index >= 15 is 0 Å². The van der Waals surface area contributed by atoms with E-state index in [0.29, 0.717) is 25.8 Å². The smallest absolute Gasteiger partial charge is 0.317 e. The molecule has 0 saturated carbocycles. The number of rotatable bonds is 28. The van der Waals surface area contributed by atoms with Crippen molar-refractivity contribution in [2.45, 2.75) is 123 Å². The lowest BCUT2D eigenvalue weighted by Crippen LogP contribution is -2.59. The molecule has 6 N–H and O–H groups in total. The average molecular weight is 890 g/mol. The van der Waals surface area contributed by atoms with E-state index in [1.165, 1.54) is 19.1 Å². The van der Waals surface area contributed by atoms with Crippen molar-refractivity contribution in [1.82, 2.24) is 36.0 Å². The van der Waals surface area contributed by atoms with E-state index in [-0.39, 0.29) is 61.4 Å². The lowest BCUT2D eigenvalue weighted by molar-refractivity contribution is -0.148. The number of hydrogen-bond acceptors (Lipinski definition) is 11. The first-order chi connectivity index (χ1) is 29.7. The van der Waals surface area contributed by atoms with Gasteiger partial charge in [0, 0.05) is 47.3 Å². The number of benzene rings is 1. The lowest BCUT2D eigenvalue weighted by Gasteiger charge is -2.41. The minimum absolute atomic E-state index is 0.00399. The van der Waals surface area contributed by atoms with Crippen molar-refractivity contribution in [2.75, 3.05) is 61.0 Å². The van der Waals surface area contributed by atoms with Gasteiger partial charge < -0.3 is 50.8 Å². The van der Waals surface area contributed by atoms with Crippen LogP contribution < -0.4 is 21.3 Å². The Bertz CT molecular complexity index is 1630. The number of carbonyl (C=O) groups excluding carboxylic acids is 5. The number of nitrogens with one attached hydrogen (secondary N) is 4. The third-order valence-corrected chi connectivity index (χ3v) is 12.1. The van der Waals surface area contributed by atoms with Gasteiger partial charge in [-0.05, 0) is 43.2 Å². The van der Waals surface area contributed by atoms with Crippen LogP contribution >= 0.6 is 0 Å². The van der Waals surface area contributed by atoms with Crippen molar-refractivity contribution in [2.24, 2.45) is 23.7 Å². The van der Waals surface area contributed by atoms with Crippen LogP contribution in [0.3, 0.4) is 0 Å². The summed E-state index contributed by atoms with van der Waals surface area (Å²) >= 11 is 0. The molecule has 18 heteroatoms. The predicted molar refractivity (Wildman–Crippen MR) is 237 cm³/mol. The highest BCUT2D eigenvalue weighted by atomic mass is 16.5. The van der Waals surface area contributed by atoms with Crippen molar-refractivity contribution >= 4 is 41.5 Å². The van der Waals surface area contributed by atoms with Crippen LogP contribution in [0, 0.1) is 23.7 Å². The van der Waals surface area contributed by atoms with Crippen LogP contribution in [-0.2, 0) is 49.5 Å². The molecule has 0 aliphatic carbocycles. The summed E-state index contributed by atoms with van der Waals surface area (Å²) in [6, 6.07) is 5.73. The zero-order valence-electron chi connectivity index (χ0n) is 39.2. The molecule has 18 nitrogen and oxygen atoms in total. The number of methoxy groups -OCH3 is 2. The van der Waals surface area contributed by atoms with Gasteiger partial charge in [-0.3, -0.25) is 38.5 Å². The predicted octanol–water partition coefficient (Wildman–Crippen LogP) is 1.61. The molecule has 2 rings (SSSR count). The molecule has 1 aromatic rings. The van der Waals surface area contributed by atoms with E-state index < -0.39 is 85.2 Å². The summed E-state index contributed by atoms with van der Waals surface area (Å²) < 4.78 is 12.0. The Morgan fingerprint density at radius 3 is 1.95 bits per heavy atom. The second-order valence-electron chi connectivity index (χ2n) is 17.4. The Morgan fingerprint density at radius 2 is 1.44 bits per heavy atom. The highest BCUT2D eigenvalue weighted by molar-refractivity contribution is 5.91. The number of amides is 5. The third-order valence-electron chi connectivity index (χ3n) is 12.1. The van der Waals surface area contributed by atoms with Gasteiger partial charge >= 0.3 is 11.9 Å². The number of carboxylic acids is 2. The summed E-state index contributed by atoms with van der Waals surface area (Å²) in [5.74, 6) is -5.36. The Morgan fingerprint density at radius 1 is 0.841 bits per heavy atom. The molecule has 63 heavy (non-hydrogen) atoms. The van der Waals surface area contributed by atoms with Gasteiger partial charge in [0.25, 0.3) is 0 Å². The number of carboxylic acid groups (broad SMARTS) is 2. The molecule has 0 radical (unpaired) electrons. The SMILES string of the molecule is CC[C@H](C)C([C@@H](CC(=O)N1CCC[C@H]1[C@H](OC)[C@@H](C)C(=O)N[C@@H](Cc1ccccc1)C(=O)NCCN(CC(=O)O)CC(=O)O)OC)N(C)C(=O)[C@@H](NC(=O)[C@@H](NC)C(C)C)C(C)C. The normalized spacial score (nSPS) is 17.9. The Kier molecular flexibility index (Phi) is 23.2. The van der Waals surface area contributed by atoms with Gasteiger partial charge in [-0.25, -0.2) is 0 Å². The summed E-state index contributed by atoms with van der Waals surface area (Å²) in [4.78, 5) is 96.5. The maximum Gasteiger partial charge on any atom is 0.317 e. The number of nitrogens with zero attached hydrogens (tertiary/aromatic N) is 3. The van der Waals surface area contributed by atoms with Gasteiger partial charge in [0.2, 0.25) is 29.5 Å². The third kappa shape index (κ3) is 16.4. The van der Waals surface area contributed by atoms with Crippen molar-refractivity contribution in [1.29, 1.82) is 0 Å². The summed E-state index contributed by atoms with van der Waals surface area (Å²) in [6.45, 7) is 12.5. The van der Waals surface area contributed by atoms with Crippen molar-refractivity contribution < 1.29 is 53.2 Å². The van der Waals surface area contributed by atoms with Crippen molar-refractivity contribution in [3.05, 3.63) is 35.9 Å². The molecule has 1 unspecified atom stereocenters. The monoisotopic (exact) mass is 890 g/mol. The fraction of sp³-hybridized carbons (Fsp3) is 0.711. The number of hydrogen-bond donors (Lipinski definition) is 6. The van der Waals surface area contributed by atoms with Crippen LogP contribution in [0.1, 0.15) is 79.7 Å². The summed E-state index contributed by atoms with van der Waals surface area (Å²) in [6.07, 6.45) is 0.531. The average Bonchev–Trinajstić information content (AvgIpc) is 3.71. The van der Waals surface area contributed by atoms with Crippen LogP contribution in [0.4, 0.5) is 0 Å². The molecule has 1 heterocycles. The van der Waals surface area contributed by atoms with E-state index in [4.69, 9.17) is 9.47 Å². The van der Waals surface area contributed by atoms with E-state index in [0.717, 1.165) is 5.56 Å². The second-order valence-corrected chi connectivity index (χ2v) is 17.4. The number of carbonyl (C=O) groups is 7. The molecular weight excluding hydrogens is 815 g/mol. The second kappa shape index (κ2) is 26.9. The molecular formula is C45H75N7O11. The molecule has 1 fully saturated rings. The van der Waals surface area contributed by atoms with Gasteiger partial charge in [0.1, 0.15) is 12.1 Å². The molecule has 5 amide bonds. The molecule has 0 aromatic heterocycles. The molecule has 9 atom stereocenters. The zero-order chi connectivity index (χ0) is 47.6. The van der Waals surface area contributed by atoms with E-state index in [2.05, 4.69) is 21.3 Å². The van der Waals surface area contributed by atoms with Crippen LogP contribution in [0.5, 0.6) is 0 Å². The Hall–Kier alpha value is -4.65. The summed E-state index contributed by atoms with van der Waals surface area (Å²) in [7, 11) is 6.39. The highest BCUT2D eigenvalue weighted by Gasteiger charge is 2.43.